The molecule has 1 aliphatic rings. The first-order chi connectivity index (χ1) is 8.11. The summed E-state index contributed by atoms with van der Waals surface area (Å²) in [5, 5.41) is 10.6. The van der Waals surface area contributed by atoms with Crippen LogP contribution in [0.5, 0.6) is 5.75 Å². The summed E-state index contributed by atoms with van der Waals surface area (Å²) in [7, 11) is 0. The molecule has 1 N–H and O–H groups in total. The molecule has 0 bridgehead atoms. The fourth-order valence-corrected chi connectivity index (χ4v) is 2.14. The summed E-state index contributed by atoms with van der Waals surface area (Å²) in [5.74, 6) is 0.528. The average Bonchev–Trinajstić information content (AvgIpc) is 2.30. The molecule has 3 unspecified atom stereocenters. The van der Waals surface area contributed by atoms with E-state index in [4.69, 9.17) is 32.7 Å². The Bertz CT molecular complexity index is 397. The first-order valence-corrected chi connectivity index (χ1v) is 6.28. The van der Waals surface area contributed by atoms with Gasteiger partial charge in [0.05, 0.1) is 11.1 Å². The van der Waals surface area contributed by atoms with E-state index in [1.807, 2.05) is 6.92 Å². The van der Waals surface area contributed by atoms with Crippen LogP contribution in [0, 0.1) is 0 Å². The molecular formula is C12H14Cl2O3. The fourth-order valence-electron chi connectivity index (χ4n) is 1.81. The van der Waals surface area contributed by atoms with E-state index in [1.54, 1.807) is 18.2 Å². The van der Waals surface area contributed by atoms with Gasteiger partial charge in [-0.15, -0.1) is 0 Å². The first kappa shape index (κ1) is 13.0. The molecule has 0 heterocycles. The minimum atomic E-state index is -0.460. The zero-order chi connectivity index (χ0) is 12.4. The number of rotatable bonds is 4. The topological polar surface area (TPSA) is 38.7 Å². The van der Waals surface area contributed by atoms with Crippen LogP contribution in [0.3, 0.4) is 0 Å². The van der Waals surface area contributed by atoms with Crippen LogP contribution in [0.4, 0.5) is 0 Å². The predicted octanol–water partition coefficient (Wildman–Crippen LogP) is 2.91. The lowest BCUT2D eigenvalue weighted by molar-refractivity contribution is -0.160. The van der Waals surface area contributed by atoms with E-state index in [-0.39, 0.29) is 12.2 Å². The van der Waals surface area contributed by atoms with Crippen LogP contribution in [0.25, 0.3) is 0 Å². The minimum Gasteiger partial charge on any atom is -0.486 e. The molecular weight excluding hydrogens is 263 g/mol. The van der Waals surface area contributed by atoms with E-state index < -0.39 is 6.10 Å². The number of aliphatic hydroxyl groups excluding tert-OH is 1. The third-order valence-electron chi connectivity index (χ3n) is 2.75. The van der Waals surface area contributed by atoms with Crippen molar-refractivity contribution in [2.75, 3.05) is 6.61 Å². The Morgan fingerprint density at radius 1 is 1.41 bits per heavy atom. The Morgan fingerprint density at radius 2 is 2.18 bits per heavy atom. The van der Waals surface area contributed by atoms with Crippen molar-refractivity contribution in [2.45, 2.75) is 31.7 Å². The van der Waals surface area contributed by atoms with Crippen molar-refractivity contribution in [3.05, 3.63) is 28.2 Å². The van der Waals surface area contributed by atoms with Gasteiger partial charge in [0, 0.05) is 24.1 Å². The summed E-state index contributed by atoms with van der Waals surface area (Å²) in [6.45, 7) is 2.43. The second-order valence-electron chi connectivity index (χ2n) is 3.95. The van der Waals surface area contributed by atoms with E-state index in [2.05, 4.69) is 0 Å². The summed E-state index contributed by atoms with van der Waals surface area (Å²) in [4.78, 5) is 0. The van der Waals surface area contributed by atoms with Gasteiger partial charge in [0.15, 0.2) is 0 Å². The van der Waals surface area contributed by atoms with Crippen LogP contribution in [0.1, 0.15) is 13.3 Å². The maximum atomic E-state index is 9.55. The SMILES string of the molecule is CCOC1C(O)CC1Oc1cc(Cl)ccc1Cl. The van der Waals surface area contributed by atoms with Crippen molar-refractivity contribution in [2.24, 2.45) is 0 Å². The zero-order valence-corrected chi connectivity index (χ0v) is 10.9. The van der Waals surface area contributed by atoms with Crippen LogP contribution in [-0.2, 0) is 4.74 Å². The monoisotopic (exact) mass is 276 g/mol. The molecule has 0 aromatic heterocycles. The third-order valence-corrected chi connectivity index (χ3v) is 3.30. The van der Waals surface area contributed by atoms with Crippen LogP contribution in [0.15, 0.2) is 18.2 Å². The molecule has 0 saturated heterocycles. The fraction of sp³-hybridized carbons (Fsp3) is 0.500. The molecule has 1 saturated carbocycles. The van der Waals surface area contributed by atoms with Crippen molar-refractivity contribution in [3.63, 3.8) is 0 Å². The highest BCUT2D eigenvalue weighted by molar-refractivity contribution is 6.34. The normalized spacial score (nSPS) is 27.6. The molecule has 17 heavy (non-hydrogen) atoms. The molecule has 1 aromatic carbocycles. The zero-order valence-electron chi connectivity index (χ0n) is 9.40. The molecule has 0 radical (unpaired) electrons. The molecule has 1 aliphatic carbocycles. The highest BCUT2D eigenvalue weighted by Crippen LogP contribution is 2.34. The van der Waals surface area contributed by atoms with Crippen molar-refractivity contribution in [1.29, 1.82) is 0 Å². The van der Waals surface area contributed by atoms with Gasteiger partial charge in [-0.25, -0.2) is 0 Å². The van der Waals surface area contributed by atoms with E-state index in [0.717, 1.165) is 0 Å². The number of ether oxygens (including phenoxy) is 2. The predicted molar refractivity (Wildman–Crippen MR) is 66.9 cm³/mol. The molecule has 1 aromatic rings. The lowest BCUT2D eigenvalue weighted by Gasteiger charge is -2.40. The summed E-state index contributed by atoms with van der Waals surface area (Å²) in [6.07, 6.45) is -0.359. The minimum absolute atomic E-state index is 0.166. The molecule has 3 atom stereocenters. The second kappa shape index (κ2) is 5.44. The summed E-state index contributed by atoms with van der Waals surface area (Å²) in [6, 6.07) is 5.05. The molecule has 5 heteroatoms. The number of hydrogen-bond donors (Lipinski definition) is 1. The largest absolute Gasteiger partial charge is 0.486 e. The lowest BCUT2D eigenvalue weighted by Crippen LogP contribution is -2.55. The Labute approximate surface area is 110 Å². The van der Waals surface area contributed by atoms with Crippen LogP contribution < -0.4 is 4.74 Å². The van der Waals surface area contributed by atoms with Gasteiger partial charge in [0.1, 0.15) is 18.0 Å². The first-order valence-electron chi connectivity index (χ1n) is 5.53. The number of benzene rings is 1. The molecule has 2 rings (SSSR count). The summed E-state index contributed by atoms with van der Waals surface area (Å²) in [5.41, 5.74) is 0. The Hall–Kier alpha value is -0.480. The van der Waals surface area contributed by atoms with Crippen molar-refractivity contribution >= 4 is 23.2 Å². The van der Waals surface area contributed by atoms with E-state index in [9.17, 15) is 5.11 Å². The Morgan fingerprint density at radius 3 is 2.82 bits per heavy atom. The maximum Gasteiger partial charge on any atom is 0.139 e. The van der Waals surface area contributed by atoms with Crippen molar-refractivity contribution in [3.8, 4) is 5.75 Å². The average molecular weight is 277 g/mol. The number of halogens is 2. The highest BCUT2D eigenvalue weighted by Gasteiger charge is 2.42. The van der Waals surface area contributed by atoms with E-state index in [0.29, 0.717) is 28.8 Å². The number of hydrogen-bond acceptors (Lipinski definition) is 3. The molecule has 0 spiro atoms. The van der Waals surface area contributed by atoms with Gasteiger partial charge in [-0.3, -0.25) is 0 Å². The van der Waals surface area contributed by atoms with Gasteiger partial charge in [0.25, 0.3) is 0 Å². The summed E-state index contributed by atoms with van der Waals surface area (Å²) < 4.78 is 11.1. The van der Waals surface area contributed by atoms with Gasteiger partial charge < -0.3 is 14.6 Å². The molecule has 3 nitrogen and oxygen atoms in total. The Balaban J connectivity index is 2.03. The molecule has 1 fully saturated rings. The van der Waals surface area contributed by atoms with Gasteiger partial charge in [-0.05, 0) is 19.1 Å². The van der Waals surface area contributed by atoms with E-state index >= 15 is 0 Å². The quantitative estimate of drug-likeness (QED) is 0.919. The highest BCUT2D eigenvalue weighted by atomic mass is 35.5. The lowest BCUT2D eigenvalue weighted by atomic mass is 9.88. The van der Waals surface area contributed by atoms with Gasteiger partial charge >= 0.3 is 0 Å². The van der Waals surface area contributed by atoms with Crippen LogP contribution in [-0.4, -0.2) is 30.0 Å². The van der Waals surface area contributed by atoms with Gasteiger partial charge in [0.2, 0.25) is 0 Å². The van der Waals surface area contributed by atoms with Crippen molar-refractivity contribution in [1.82, 2.24) is 0 Å². The maximum absolute atomic E-state index is 9.55. The molecule has 0 aliphatic heterocycles. The molecule has 0 amide bonds. The summed E-state index contributed by atoms with van der Waals surface area (Å²) >= 11 is 11.9. The van der Waals surface area contributed by atoms with Gasteiger partial charge in [-0.1, -0.05) is 23.2 Å². The smallest absolute Gasteiger partial charge is 0.139 e. The number of aliphatic hydroxyl groups is 1. The second-order valence-corrected chi connectivity index (χ2v) is 4.80. The Kier molecular flexibility index (Phi) is 4.15. The van der Waals surface area contributed by atoms with Crippen LogP contribution >= 0.6 is 23.2 Å². The van der Waals surface area contributed by atoms with Crippen molar-refractivity contribution < 1.29 is 14.6 Å². The standard InChI is InChI=1S/C12H14Cl2O3/c1-2-16-12-9(15)6-11(12)17-10-5-7(13)3-4-8(10)14/h3-5,9,11-12,15H,2,6H2,1H3. The van der Waals surface area contributed by atoms with E-state index in [1.165, 1.54) is 0 Å². The molecule has 94 valence electrons. The van der Waals surface area contributed by atoms with Gasteiger partial charge in [-0.2, -0.15) is 0 Å². The third kappa shape index (κ3) is 2.86. The van der Waals surface area contributed by atoms with Crippen LogP contribution in [0.2, 0.25) is 10.0 Å².